The van der Waals surface area contributed by atoms with E-state index in [0.717, 1.165) is 10.0 Å². The number of pyridine rings is 1. The molecule has 6 heteroatoms. The topological polar surface area (TPSA) is 85.1 Å². The Morgan fingerprint density at radius 3 is 2.48 bits per heavy atom. The Hall–Kier alpha value is -2.21. The van der Waals surface area contributed by atoms with Gasteiger partial charge in [-0.15, -0.1) is 0 Å². The van der Waals surface area contributed by atoms with E-state index in [1.54, 1.807) is 12.1 Å². The van der Waals surface area contributed by atoms with Gasteiger partial charge < -0.3 is 11.1 Å². The van der Waals surface area contributed by atoms with Crippen molar-refractivity contribution in [3.05, 3.63) is 64.4 Å². The van der Waals surface area contributed by atoms with Crippen LogP contribution in [0.1, 0.15) is 15.9 Å². The van der Waals surface area contributed by atoms with Gasteiger partial charge in [-0.1, -0.05) is 34.1 Å². The lowest BCUT2D eigenvalue weighted by molar-refractivity contribution is -0.119. The van der Waals surface area contributed by atoms with Gasteiger partial charge in [0.1, 0.15) is 6.04 Å². The minimum absolute atomic E-state index is 0.327. The van der Waals surface area contributed by atoms with Crippen molar-refractivity contribution in [2.75, 3.05) is 0 Å². The number of aromatic nitrogens is 1. The van der Waals surface area contributed by atoms with E-state index in [-0.39, 0.29) is 5.91 Å². The fourth-order valence-corrected chi connectivity index (χ4v) is 2.30. The van der Waals surface area contributed by atoms with Gasteiger partial charge in [0.05, 0.1) is 0 Å². The van der Waals surface area contributed by atoms with Crippen LogP contribution in [0.4, 0.5) is 0 Å². The SMILES string of the molecule is NC(=O)[C@H](Cc1ccccc1Br)NC(=O)c1ccncc1. The fourth-order valence-electron chi connectivity index (χ4n) is 1.85. The molecule has 0 aliphatic rings. The molecule has 0 aliphatic carbocycles. The van der Waals surface area contributed by atoms with E-state index < -0.39 is 11.9 Å². The summed E-state index contributed by atoms with van der Waals surface area (Å²) in [5, 5.41) is 2.65. The lowest BCUT2D eigenvalue weighted by atomic mass is 10.0. The summed E-state index contributed by atoms with van der Waals surface area (Å²) in [6.07, 6.45) is 3.36. The van der Waals surface area contributed by atoms with Gasteiger partial charge in [0, 0.05) is 28.9 Å². The third-order valence-corrected chi connectivity index (χ3v) is 3.75. The van der Waals surface area contributed by atoms with Crippen LogP contribution in [0, 0.1) is 0 Å². The number of primary amides is 1. The quantitative estimate of drug-likeness (QED) is 0.862. The first-order chi connectivity index (χ1) is 10.1. The summed E-state index contributed by atoms with van der Waals surface area (Å²) in [6, 6.07) is 9.86. The summed E-state index contributed by atoms with van der Waals surface area (Å²) in [5.41, 5.74) is 6.71. The largest absolute Gasteiger partial charge is 0.368 e. The molecular formula is C15H14BrN3O2. The van der Waals surface area contributed by atoms with Gasteiger partial charge in [0.15, 0.2) is 0 Å². The predicted octanol–water partition coefficient (Wildman–Crippen LogP) is 1.67. The normalized spacial score (nSPS) is 11.7. The van der Waals surface area contributed by atoms with Crippen LogP contribution in [0.2, 0.25) is 0 Å². The maximum absolute atomic E-state index is 12.1. The van der Waals surface area contributed by atoms with Gasteiger partial charge in [-0.2, -0.15) is 0 Å². The summed E-state index contributed by atoms with van der Waals surface area (Å²) in [6.45, 7) is 0. The monoisotopic (exact) mass is 347 g/mol. The molecule has 2 rings (SSSR count). The molecule has 1 heterocycles. The molecule has 0 unspecified atom stereocenters. The second kappa shape index (κ2) is 6.99. The number of nitrogens with zero attached hydrogens (tertiary/aromatic N) is 1. The number of nitrogens with two attached hydrogens (primary N) is 1. The number of carbonyl (C=O) groups excluding carboxylic acids is 2. The predicted molar refractivity (Wildman–Crippen MR) is 82.5 cm³/mol. The number of benzene rings is 1. The Bertz CT molecular complexity index is 646. The molecule has 0 fully saturated rings. The Morgan fingerprint density at radius 1 is 1.19 bits per heavy atom. The number of rotatable bonds is 5. The van der Waals surface area contributed by atoms with Crippen molar-refractivity contribution in [3.63, 3.8) is 0 Å². The van der Waals surface area contributed by atoms with Crippen LogP contribution in [0.15, 0.2) is 53.3 Å². The fraction of sp³-hybridized carbons (Fsp3) is 0.133. The van der Waals surface area contributed by atoms with Crippen LogP contribution in [0.25, 0.3) is 0 Å². The lowest BCUT2D eigenvalue weighted by Gasteiger charge is -2.16. The second-order valence-corrected chi connectivity index (χ2v) is 5.31. The van der Waals surface area contributed by atoms with Crippen LogP contribution in [-0.2, 0) is 11.2 Å². The van der Waals surface area contributed by atoms with E-state index >= 15 is 0 Å². The van der Waals surface area contributed by atoms with Gasteiger partial charge in [0.2, 0.25) is 5.91 Å². The zero-order chi connectivity index (χ0) is 15.2. The van der Waals surface area contributed by atoms with Crippen molar-refractivity contribution in [1.82, 2.24) is 10.3 Å². The van der Waals surface area contributed by atoms with Crippen molar-refractivity contribution in [3.8, 4) is 0 Å². The Kier molecular flexibility index (Phi) is 5.05. The minimum Gasteiger partial charge on any atom is -0.368 e. The number of hydrogen-bond donors (Lipinski definition) is 2. The average Bonchev–Trinajstić information content (AvgIpc) is 2.49. The highest BCUT2D eigenvalue weighted by Crippen LogP contribution is 2.17. The molecule has 108 valence electrons. The van der Waals surface area contributed by atoms with E-state index in [1.165, 1.54) is 12.4 Å². The van der Waals surface area contributed by atoms with Crippen LogP contribution >= 0.6 is 15.9 Å². The van der Waals surface area contributed by atoms with E-state index in [2.05, 4.69) is 26.2 Å². The van der Waals surface area contributed by atoms with Gasteiger partial charge in [-0.25, -0.2) is 0 Å². The minimum atomic E-state index is -0.774. The van der Waals surface area contributed by atoms with Gasteiger partial charge in [0.25, 0.3) is 5.91 Å². The van der Waals surface area contributed by atoms with Crippen LogP contribution in [-0.4, -0.2) is 22.8 Å². The highest BCUT2D eigenvalue weighted by molar-refractivity contribution is 9.10. The van der Waals surface area contributed by atoms with E-state index in [0.29, 0.717) is 12.0 Å². The summed E-state index contributed by atoms with van der Waals surface area (Å²) in [5.74, 6) is -0.929. The molecule has 1 aromatic heterocycles. The van der Waals surface area contributed by atoms with E-state index in [1.807, 2.05) is 24.3 Å². The Morgan fingerprint density at radius 2 is 1.86 bits per heavy atom. The molecule has 2 amide bonds. The molecule has 0 aliphatic heterocycles. The summed E-state index contributed by atoms with van der Waals surface area (Å²) < 4.78 is 0.870. The van der Waals surface area contributed by atoms with E-state index in [4.69, 9.17) is 5.73 Å². The highest BCUT2D eigenvalue weighted by Gasteiger charge is 2.20. The highest BCUT2D eigenvalue weighted by atomic mass is 79.9. The number of halogens is 1. The lowest BCUT2D eigenvalue weighted by Crippen LogP contribution is -2.45. The van der Waals surface area contributed by atoms with E-state index in [9.17, 15) is 9.59 Å². The van der Waals surface area contributed by atoms with Gasteiger partial charge >= 0.3 is 0 Å². The van der Waals surface area contributed by atoms with Crippen molar-refractivity contribution < 1.29 is 9.59 Å². The maximum Gasteiger partial charge on any atom is 0.252 e. The smallest absolute Gasteiger partial charge is 0.252 e. The Labute approximate surface area is 130 Å². The van der Waals surface area contributed by atoms with Crippen molar-refractivity contribution in [2.24, 2.45) is 5.73 Å². The van der Waals surface area contributed by atoms with Crippen molar-refractivity contribution in [2.45, 2.75) is 12.5 Å². The maximum atomic E-state index is 12.1. The second-order valence-electron chi connectivity index (χ2n) is 4.46. The zero-order valence-corrected chi connectivity index (χ0v) is 12.7. The molecule has 0 spiro atoms. The summed E-state index contributed by atoms with van der Waals surface area (Å²) in [4.78, 5) is 27.5. The summed E-state index contributed by atoms with van der Waals surface area (Å²) in [7, 11) is 0. The standard InChI is InChI=1S/C15H14BrN3O2/c16-12-4-2-1-3-11(12)9-13(14(17)20)19-15(21)10-5-7-18-8-6-10/h1-8,13H,9H2,(H2,17,20)(H,19,21)/t13-/m0/s1. The number of nitrogens with one attached hydrogen (secondary N) is 1. The molecule has 0 saturated carbocycles. The molecule has 0 saturated heterocycles. The summed E-state index contributed by atoms with van der Waals surface area (Å²) >= 11 is 3.41. The number of hydrogen-bond acceptors (Lipinski definition) is 3. The van der Waals surface area contributed by atoms with Crippen LogP contribution in [0.5, 0.6) is 0 Å². The number of amides is 2. The van der Waals surface area contributed by atoms with Gasteiger partial charge in [-0.05, 0) is 23.8 Å². The van der Waals surface area contributed by atoms with Gasteiger partial charge in [-0.3, -0.25) is 14.6 Å². The average molecular weight is 348 g/mol. The van der Waals surface area contributed by atoms with Crippen LogP contribution in [0.3, 0.4) is 0 Å². The third-order valence-electron chi connectivity index (χ3n) is 2.97. The molecule has 5 nitrogen and oxygen atoms in total. The molecule has 0 bridgehead atoms. The first-order valence-corrected chi connectivity index (χ1v) is 7.11. The molecular weight excluding hydrogens is 334 g/mol. The Balaban J connectivity index is 2.12. The molecule has 21 heavy (non-hydrogen) atoms. The molecule has 2 aromatic rings. The molecule has 0 radical (unpaired) electrons. The van der Waals surface area contributed by atoms with Crippen LogP contribution < -0.4 is 11.1 Å². The van der Waals surface area contributed by atoms with Crippen molar-refractivity contribution >= 4 is 27.7 Å². The molecule has 1 aromatic carbocycles. The van der Waals surface area contributed by atoms with Crippen molar-refractivity contribution in [1.29, 1.82) is 0 Å². The first-order valence-electron chi connectivity index (χ1n) is 6.31. The zero-order valence-electron chi connectivity index (χ0n) is 11.1. The molecule has 1 atom stereocenters. The third kappa shape index (κ3) is 4.13. The first kappa shape index (κ1) is 15.2. The molecule has 3 N–H and O–H groups in total. The number of carbonyl (C=O) groups is 2.